The Morgan fingerprint density at radius 3 is 1.80 bits per heavy atom. The second-order valence-electron chi connectivity index (χ2n) is 6.48. The van der Waals surface area contributed by atoms with Crippen LogP contribution in [0.25, 0.3) is 0 Å². The molecule has 3 rings (SSSR count). The van der Waals surface area contributed by atoms with Gasteiger partial charge in [-0.1, -0.05) is 0 Å². The van der Waals surface area contributed by atoms with Gasteiger partial charge in [0.1, 0.15) is 11.5 Å². The molecular weight excluding hydrogens is 392 g/mol. The van der Waals surface area contributed by atoms with E-state index in [-0.39, 0.29) is 6.79 Å². The van der Waals surface area contributed by atoms with E-state index in [1.165, 1.54) is 0 Å². The monoisotopic (exact) mass is 420 g/mol. The Hall–Kier alpha value is -3.16. The first kappa shape index (κ1) is 21.5. The van der Waals surface area contributed by atoms with E-state index < -0.39 is 0 Å². The molecule has 0 unspecified atom stereocenters. The number of benzene rings is 2. The van der Waals surface area contributed by atoms with Crippen LogP contribution >= 0.6 is 0 Å². The van der Waals surface area contributed by atoms with E-state index in [4.69, 9.17) is 37.9 Å². The van der Waals surface area contributed by atoms with Crippen molar-refractivity contribution in [3.05, 3.63) is 24.3 Å². The SMILES string of the molecule is COc1cc(OCCCCCOc2cc(OC)c3c(c2)OCO3)cc(OC)c1OC. The molecule has 2 aromatic rings. The maximum atomic E-state index is 5.83. The molecule has 0 atom stereocenters. The summed E-state index contributed by atoms with van der Waals surface area (Å²) in [7, 11) is 6.32. The number of hydrogen-bond donors (Lipinski definition) is 0. The van der Waals surface area contributed by atoms with E-state index >= 15 is 0 Å². The highest BCUT2D eigenvalue weighted by molar-refractivity contribution is 5.57. The second kappa shape index (κ2) is 10.6. The lowest BCUT2D eigenvalue weighted by Crippen LogP contribution is -2.02. The minimum atomic E-state index is 0.196. The maximum Gasteiger partial charge on any atom is 0.231 e. The van der Waals surface area contributed by atoms with Crippen molar-refractivity contribution in [3.63, 3.8) is 0 Å². The molecule has 164 valence electrons. The first-order valence-electron chi connectivity index (χ1n) is 9.73. The van der Waals surface area contributed by atoms with Gasteiger partial charge in [0.2, 0.25) is 18.3 Å². The van der Waals surface area contributed by atoms with Gasteiger partial charge in [-0.15, -0.1) is 0 Å². The minimum absolute atomic E-state index is 0.196. The largest absolute Gasteiger partial charge is 0.493 e. The average molecular weight is 420 g/mol. The first-order valence-corrected chi connectivity index (χ1v) is 9.73. The lowest BCUT2D eigenvalue weighted by molar-refractivity contribution is 0.171. The van der Waals surface area contributed by atoms with E-state index in [0.717, 1.165) is 19.3 Å². The van der Waals surface area contributed by atoms with E-state index in [1.54, 1.807) is 46.6 Å². The zero-order valence-electron chi connectivity index (χ0n) is 17.8. The summed E-state index contributed by atoms with van der Waals surface area (Å²) in [6.07, 6.45) is 2.76. The highest BCUT2D eigenvalue weighted by Crippen LogP contribution is 2.44. The molecule has 2 aromatic carbocycles. The molecule has 0 amide bonds. The summed E-state index contributed by atoms with van der Waals surface area (Å²) in [6, 6.07) is 7.20. The van der Waals surface area contributed by atoms with E-state index in [0.29, 0.717) is 59.2 Å². The van der Waals surface area contributed by atoms with Crippen molar-refractivity contribution in [3.8, 4) is 46.0 Å². The number of ether oxygens (including phenoxy) is 8. The first-order chi connectivity index (χ1) is 14.7. The van der Waals surface area contributed by atoms with Crippen LogP contribution in [0.4, 0.5) is 0 Å². The molecule has 1 aliphatic rings. The molecule has 0 spiro atoms. The van der Waals surface area contributed by atoms with Crippen LogP contribution in [0, 0.1) is 0 Å². The van der Waals surface area contributed by atoms with Crippen LogP contribution in [-0.2, 0) is 0 Å². The topological polar surface area (TPSA) is 73.8 Å². The van der Waals surface area contributed by atoms with E-state index in [2.05, 4.69) is 0 Å². The summed E-state index contributed by atoms with van der Waals surface area (Å²) in [4.78, 5) is 0. The number of hydrogen-bond acceptors (Lipinski definition) is 8. The van der Waals surface area contributed by atoms with Gasteiger partial charge >= 0.3 is 0 Å². The van der Waals surface area contributed by atoms with Crippen LogP contribution in [0.5, 0.6) is 46.0 Å². The molecule has 1 heterocycles. The Bertz CT molecular complexity index is 811. The number of methoxy groups -OCH3 is 4. The van der Waals surface area contributed by atoms with Gasteiger partial charge in [-0.25, -0.2) is 0 Å². The van der Waals surface area contributed by atoms with Gasteiger partial charge in [0.25, 0.3) is 0 Å². The molecule has 0 saturated carbocycles. The fourth-order valence-corrected chi connectivity index (χ4v) is 3.09. The zero-order valence-corrected chi connectivity index (χ0v) is 17.8. The fourth-order valence-electron chi connectivity index (χ4n) is 3.09. The predicted octanol–water partition coefficient (Wildman–Crippen LogP) is 4.08. The number of unbranched alkanes of at least 4 members (excludes halogenated alkanes) is 2. The lowest BCUT2D eigenvalue weighted by atomic mass is 10.2. The molecule has 0 N–H and O–H groups in total. The lowest BCUT2D eigenvalue weighted by Gasteiger charge is -2.14. The summed E-state index contributed by atoms with van der Waals surface area (Å²) < 4.78 is 43.8. The smallest absolute Gasteiger partial charge is 0.231 e. The van der Waals surface area contributed by atoms with Crippen LogP contribution in [-0.4, -0.2) is 48.4 Å². The van der Waals surface area contributed by atoms with Crippen molar-refractivity contribution in [2.24, 2.45) is 0 Å². The average Bonchev–Trinajstić information content (AvgIpc) is 3.25. The molecule has 0 fully saturated rings. The normalized spacial score (nSPS) is 11.7. The Labute approximate surface area is 176 Å². The Morgan fingerprint density at radius 2 is 1.23 bits per heavy atom. The summed E-state index contributed by atoms with van der Waals surface area (Å²) in [5.74, 6) is 4.93. The van der Waals surface area contributed by atoms with E-state index in [9.17, 15) is 0 Å². The van der Waals surface area contributed by atoms with Crippen molar-refractivity contribution < 1.29 is 37.9 Å². The Kier molecular flexibility index (Phi) is 7.59. The van der Waals surface area contributed by atoms with Gasteiger partial charge in [-0.2, -0.15) is 0 Å². The quantitative estimate of drug-likeness (QED) is 0.476. The molecule has 1 aliphatic heterocycles. The van der Waals surface area contributed by atoms with Crippen molar-refractivity contribution in [1.29, 1.82) is 0 Å². The molecule has 30 heavy (non-hydrogen) atoms. The Morgan fingerprint density at radius 1 is 0.667 bits per heavy atom. The molecule has 8 nitrogen and oxygen atoms in total. The summed E-state index contributed by atoms with van der Waals surface area (Å²) in [5, 5.41) is 0. The number of fused-ring (bicyclic) bond motifs is 1. The van der Waals surface area contributed by atoms with Crippen molar-refractivity contribution in [2.75, 3.05) is 48.4 Å². The summed E-state index contributed by atoms with van der Waals surface area (Å²) >= 11 is 0. The standard InChI is InChI=1S/C22H28O8/c1-23-17-10-15(11-18(24-2)21(17)26-4)27-8-6-5-7-9-28-16-12-19(25-3)22-20(13-16)29-14-30-22/h10-13H,5-9,14H2,1-4H3. The highest BCUT2D eigenvalue weighted by Gasteiger charge is 2.20. The third-order valence-electron chi connectivity index (χ3n) is 4.60. The highest BCUT2D eigenvalue weighted by atomic mass is 16.7. The third-order valence-corrected chi connectivity index (χ3v) is 4.60. The van der Waals surface area contributed by atoms with Crippen LogP contribution < -0.4 is 37.9 Å². The maximum absolute atomic E-state index is 5.83. The van der Waals surface area contributed by atoms with Crippen molar-refractivity contribution in [2.45, 2.75) is 19.3 Å². The molecule has 0 aliphatic carbocycles. The van der Waals surface area contributed by atoms with Gasteiger partial charge < -0.3 is 37.9 Å². The molecule has 0 saturated heterocycles. The number of rotatable bonds is 12. The third kappa shape index (κ3) is 5.06. The van der Waals surface area contributed by atoms with Crippen LogP contribution in [0.15, 0.2) is 24.3 Å². The molecule has 0 radical (unpaired) electrons. The summed E-state index contributed by atoms with van der Waals surface area (Å²) in [6.45, 7) is 1.37. The van der Waals surface area contributed by atoms with Crippen LogP contribution in [0.2, 0.25) is 0 Å². The van der Waals surface area contributed by atoms with Crippen LogP contribution in [0.1, 0.15) is 19.3 Å². The van der Waals surface area contributed by atoms with Gasteiger partial charge in [0, 0.05) is 24.3 Å². The second-order valence-corrected chi connectivity index (χ2v) is 6.48. The van der Waals surface area contributed by atoms with E-state index in [1.807, 2.05) is 6.07 Å². The van der Waals surface area contributed by atoms with Gasteiger partial charge in [0.05, 0.1) is 41.7 Å². The predicted molar refractivity (Wildman–Crippen MR) is 110 cm³/mol. The van der Waals surface area contributed by atoms with Crippen molar-refractivity contribution >= 4 is 0 Å². The zero-order chi connectivity index (χ0) is 21.3. The molecule has 0 aromatic heterocycles. The minimum Gasteiger partial charge on any atom is -0.493 e. The van der Waals surface area contributed by atoms with Gasteiger partial charge in [0.15, 0.2) is 23.0 Å². The molecule has 0 bridgehead atoms. The molecule has 8 heteroatoms. The Balaban J connectivity index is 1.40. The fraction of sp³-hybridized carbons (Fsp3) is 0.455. The summed E-state index contributed by atoms with van der Waals surface area (Å²) in [5.41, 5.74) is 0. The van der Waals surface area contributed by atoms with Gasteiger partial charge in [-0.05, 0) is 19.3 Å². The van der Waals surface area contributed by atoms with Crippen LogP contribution in [0.3, 0.4) is 0 Å². The van der Waals surface area contributed by atoms with Crippen molar-refractivity contribution in [1.82, 2.24) is 0 Å². The van der Waals surface area contributed by atoms with Gasteiger partial charge in [-0.3, -0.25) is 0 Å². The molecular formula is C22H28O8.